The average Bonchev–Trinajstić information content (AvgIpc) is 3.24. The van der Waals surface area contributed by atoms with Crippen molar-refractivity contribution in [2.24, 2.45) is 0 Å². The molecule has 0 aliphatic carbocycles. The molecule has 0 saturated heterocycles. The van der Waals surface area contributed by atoms with Crippen LogP contribution in [0.2, 0.25) is 0 Å². The number of aromatic nitrogens is 3. The summed E-state index contributed by atoms with van der Waals surface area (Å²) in [6, 6.07) is 19.2. The van der Waals surface area contributed by atoms with Crippen molar-refractivity contribution >= 4 is 21.9 Å². The maximum Gasteiger partial charge on any atom is 0.129 e. The van der Waals surface area contributed by atoms with E-state index >= 15 is 0 Å². The zero-order valence-electron chi connectivity index (χ0n) is 15.6. The van der Waals surface area contributed by atoms with Gasteiger partial charge in [-0.3, -0.25) is 0 Å². The van der Waals surface area contributed by atoms with E-state index in [1.807, 2.05) is 0 Å². The summed E-state index contributed by atoms with van der Waals surface area (Å²) in [4.78, 5) is 7.41. The van der Waals surface area contributed by atoms with Gasteiger partial charge < -0.3 is 14.0 Å². The topological polar surface area (TPSA) is 26.0 Å². The third kappa shape index (κ3) is 3.13. The molecular formula is C22H26N4. The van der Waals surface area contributed by atoms with Gasteiger partial charge >= 0.3 is 0 Å². The second-order valence-corrected chi connectivity index (χ2v) is 6.70. The zero-order valence-corrected chi connectivity index (χ0v) is 15.6. The Morgan fingerprint density at radius 3 is 2.42 bits per heavy atom. The maximum atomic E-state index is 4.95. The lowest BCUT2D eigenvalue weighted by molar-refractivity contribution is 0.290. The van der Waals surface area contributed by atoms with Crippen molar-refractivity contribution in [2.45, 2.75) is 26.9 Å². The minimum Gasteiger partial charge on any atom is -0.340 e. The fraction of sp³-hybridized carbons (Fsp3) is 0.318. The van der Waals surface area contributed by atoms with E-state index in [0.29, 0.717) is 0 Å². The van der Waals surface area contributed by atoms with Gasteiger partial charge in [0.05, 0.1) is 17.6 Å². The average molecular weight is 346 g/mol. The van der Waals surface area contributed by atoms with Gasteiger partial charge in [-0.25, -0.2) is 4.98 Å². The number of hydrogen-bond acceptors (Lipinski definition) is 2. The van der Waals surface area contributed by atoms with E-state index in [1.165, 1.54) is 16.4 Å². The molecule has 4 rings (SSSR count). The Morgan fingerprint density at radius 1 is 0.885 bits per heavy atom. The molecule has 2 heterocycles. The van der Waals surface area contributed by atoms with E-state index in [9.17, 15) is 0 Å². The summed E-state index contributed by atoms with van der Waals surface area (Å²) in [6.07, 6.45) is 2.17. The van der Waals surface area contributed by atoms with E-state index in [4.69, 9.17) is 4.98 Å². The molecule has 4 aromatic rings. The Kier molecular flexibility index (Phi) is 4.76. The summed E-state index contributed by atoms with van der Waals surface area (Å²) in [5, 5.41) is 1.28. The highest BCUT2D eigenvalue weighted by Crippen LogP contribution is 2.20. The SMILES string of the molecule is CCN(CC)CCn1c(Cn2ccc3ccccc32)nc2ccccc21. The Bertz CT molecular complexity index is 1010. The Balaban J connectivity index is 1.70. The summed E-state index contributed by atoms with van der Waals surface area (Å²) >= 11 is 0. The fourth-order valence-corrected chi connectivity index (χ4v) is 3.71. The van der Waals surface area contributed by atoms with Crippen molar-refractivity contribution in [3.05, 3.63) is 66.6 Å². The van der Waals surface area contributed by atoms with Crippen molar-refractivity contribution < 1.29 is 0 Å². The molecule has 0 N–H and O–H groups in total. The van der Waals surface area contributed by atoms with Crippen LogP contribution >= 0.6 is 0 Å². The second kappa shape index (κ2) is 7.34. The van der Waals surface area contributed by atoms with Crippen LogP contribution in [0.3, 0.4) is 0 Å². The van der Waals surface area contributed by atoms with Gasteiger partial charge in [-0.05, 0) is 42.7 Å². The van der Waals surface area contributed by atoms with Crippen LogP contribution in [0.25, 0.3) is 21.9 Å². The molecule has 134 valence electrons. The summed E-state index contributed by atoms with van der Waals surface area (Å²) < 4.78 is 4.69. The van der Waals surface area contributed by atoms with Gasteiger partial charge in [0, 0.05) is 24.8 Å². The predicted octanol–water partition coefficient (Wildman–Crippen LogP) is 4.38. The number of imidazole rings is 1. The van der Waals surface area contributed by atoms with Crippen LogP contribution in [0.1, 0.15) is 19.7 Å². The predicted molar refractivity (Wildman–Crippen MR) is 109 cm³/mol. The molecular weight excluding hydrogens is 320 g/mol. The first-order valence-electron chi connectivity index (χ1n) is 9.50. The van der Waals surface area contributed by atoms with E-state index in [1.54, 1.807) is 0 Å². The van der Waals surface area contributed by atoms with Crippen molar-refractivity contribution in [3.63, 3.8) is 0 Å². The normalized spacial score (nSPS) is 11.8. The van der Waals surface area contributed by atoms with E-state index in [-0.39, 0.29) is 0 Å². The lowest BCUT2D eigenvalue weighted by Crippen LogP contribution is -2.27. The fourth-order valence-electron chi connectivity index (χ4n) is 3.71. The molecule has 0 amide bonds. The number of likely N-dealkylation sites (N-methyl/N-ethyl adjacent to an activating group) is 1. The van der Waals surface area contributed by atoms with Gasteiger partial charge in [0.2, 0.25) is 0 Å². The third-order valence-corrected chi connectivity index (χ3v) is 5.26. The summed E-state index contributed by atoms with van der Waals surface area (Å²) in [6.45, 7) is 9.43. The minimum atomic E-state index is 0.792. The summed E-state index contributed by atoms with van der Waals surface area (Å²) in [7, 11) is 0. The van der Waals surface area contributed by atoms with Crippen molar-refractivity contribution in [2.75, 3.05) is 19.6 Å². The van der Waals surface area contributed by atoms with E-state index < -0.39 is 0 Å². The molecule has 0 aliphatic heterocycles. The highest BCUT2D eigenvalue weighted by Gasteiger charge is 2.12. The Hall–Kier alpha value is -2.59. The number of rotatable bonds is 7. The molecule has 4 heteroatoms. The van der Waals surface area contributed by atoms with Gasteiger partial charge in [0.1, 0.15) is 5.82 Å². The highest BCUT2D eigenvalue weighted by atomic mass is 15.2. The minimum absolute atomic E-state index is 0.792. The third-order valence-electron chi connectivity index (χ3n) is 5.26. The Morgan fingerprint density at radius 2 is 1.62 bits per heavy atom. The molecule has 2 aromatic carbocycles. The van der Waals surface area contributed by atoms with Gasteiger partial charge in [0.15, 0.2) is 0 Å². The first-order valence-corrected chi connectivity index (χ1v) is 9.50. The first-order chi connectivity index (χ1) is 12.8. The number of para-hydroxylation sites is 3. The molecule has 0 fully saturated rings. The maximum absolute atomic E-state index is 4.95. The van der Waals surface area contributed by atoms with Crippen molar-refractivity contribution in [1.82, 2.24) is 19.0 Å². The first kappa shape index (κ1) is 16.9. The van der Waals surface area contributed by atoms with Crippen LogP contribution in [0.15, 0.2) is 60.8 Å². The molecule has 0 atom stereocenters. The molecule has 0 aliphatic rings. The molecule has 0 radical (unpaired) electrons. The molecule has 0 bridgehead atoms. The number of nitrogens with zero attached hydrogens (tertiary/aromatic N) is 4. The number of fused-ring (bicyclic) bond motifs is 2. The molecule has 26 heavy (non-hydrogen) atoms. The van der Waals surface area contributed by atoms with Crippen LogP contribution in [0.5, 0.6) is 0 Å². The van der Waals surface area contributed by atoms with Crippen molar-refractivity contribution in [1.29, 1.82) is 0 Å². The summed E-state index contributed by atoms with van der Waals surface area (Å²) in [5.74, 6) is 1.12. The molecule has 0 spiro atoms. The van der Waals surface area contributed by atoms with Crippen LogP contribution in [-0.4, -0.2) is 38.7 Å². The molecule has 0 unspecified atom stereocenters. The molecule has 0 saturated carbocycles. The van der Waals surface area contributed by atoms with Gasteiger partial charge in [-0.15, -0.1) is 0 Å². The van der Waals surface area contributed by atoms with Gasteiger partial charge in [-0.1, -0.05) is 44.2 Å². The second-order valence-electron chi connectivity index (χ2n) is 6.70. The molecule has 4 nitrogen and oxygen atoms in total. The largest absolute Gasteiger partial charge is 0.340 e. The van der Waals surface area contributed by atoms with Crippen molar-refractivity contribution in [3.8, 4) is 0 Å². The van der Waals surface area contributed by atoms with Crippen LogP contribution < -0.4 is 0 Å². The van der Waals surface area contributed by atoms with E-state index in [0.717, 1.165) is 44.1 Å². The standard InChI is InChI=1S/C22H26N4/c1-3-24(4-2)15-16-26-21-12-8-6-10-19(21)23-22(26)17-25-14-13-18-9-5-7-11-20(18)25/h5-14H,3-4,15-17H2,1-2H3. The van der Waals surface area contributed by atoms with Crippen LogP contribution in [-0.2, 0) is 13.1 Å². The summed E-state index contributed by atoms with van der Waals surface area (Å²) in [5.41, 5.74) is 3.57. The van der Waals surface area contributed by atoms with Crippen LogP contribution in [0.4, 0.5) is 0 Å². The zero-order chi connectivity index (χ0) is 17.9. The van der Waals surface area contributed by atoms with Crippen LogP contribution in [0, 0.1) is 0 Å². The lowest BCUT2D eigenvalue weighted by atomic mass is 10.2. The Labute approximate surface area is 154 Å². The number of hydrogen-bond donors (Lipinski definition) is 0. The number of benzene rings is 2. The highest BCUT2D eigenvalue weighted by molar-refractivity contribution is 5.80. The van der Waals surface area contributed by atoms with Gasteiger partial charge in [0.25, 0.3) is 0 Å². The van der Waals surface area contributed by atoms with Gasteiger partial charge in [-0.2, -0.15) is 0 Å². The monoisotopic (exact) mass is 346 g/mol. The van der Waals surface area contributed by atoms with E-state index in [2.05, 4.69) is 88.7 Å². The quantitative estimate of drug-likeness (QED) is 0.496. The smallest absolute Gasteiger partial charge is 0.129 e. The molecule has 2 aromatic heterocycles. The lowest BCUT2D eigenvalue weighted by Gasteiger charge is -2.19.